The van der Waals surface area contributed by atoms with E-state index in [4.69, 9.17) is 10.5 Å². The molecule has 6 nitrogen and oxygen atoms in total. The SMILES string of the molecule is COC(CN)C(=O)NCCCn1cnc2ccccc21. The van der Waals surface area contributed by atoms with Crippen LogP contribution in [0, 0.1) is 0 Å². The van der Waals surface area contributed by atoms with E-state index in [1.54, 1.807) is 0 Å². The third-order valence-corrected chi connectivity index (χ3v) is 3.19. The summed E-state index contributed by atoms with van der Waals surface area (Å²) < 4.78 is 7.05. The fourth-order valence-corrected chi connectivity index (χ4v) is 2.07. The Hall–Kier alpha value is -1.92. The second-order valence-corrected chi connectivity index (χ2v) is 4.53. The first-order valence-corrected chi connectivity index (χ1v) is 6.66. The number of amides is 1. The zero-order valence-electron chi connectivity index (χ0n) is 11.6. The first kappa shape index (κ1) is 14.5. The molecule has 1 heterocycles. The minimum Gasteiger partial charge on any atom is -0.370 e. The normalized spacial score (nSPS) is 12.5. The molecule has 108 valence electrons. The average molecular weight is 276 g/mol. The minimum atomic E-state index is -0.566. The van der Waals surface area contributed by atoms with E-state index in [1.165, 1.54) is 7.11 Å². The number of nitrogens with zero attached hydrogens (tertiary/aromatic N) is 2. The van der Waals surface area contributed by atoms with Crippen LogP contribution < -0.4 is 11.1 Å². The summed E-state index contributed by atoms with van der Waals surface area (Å²) in [7, 11) is 1.48. The number of aryl methyl sites for hydroxylation is 1. The van der Waals surface area contributed by atoms with Gasteiger partial charge in [-0.25, -0.2) is 4.98 Å². The van der Waals surface area contributed by atoms with Crippen molar-refractivity contribution in [2.75, 3.05) is 20.2 Å². The van der Waals surface area contributed by atoms with E-state index < -0.39 is 6.10 Å². The molecular formula is C14H20N4O2. The molecule has 1 aromatic carbocycles. The molecule has 1 aromatic heterocycles. The Labute approximate surface area is 117 Å². The molecule has 0 aliphatic carbocycles. The molecule has 0 spiro atoms. The van der Waals surface area contributed by atoms with Gasteiger partial charge in [-0.3, -0.25) is 4.79 Å². The summed E-state index contributed by atoms with van der Waals surface area (Å²) in [5.74, 6) is -0.162. The van der Waals surface area contributed by atoms with E-state index in [0.29, 0.717) is 6.54 Å². The van der Waals surface area contributed by atoms with Crippen LogP contribution in [0.15, 0.2) is 30.6 Å². The largest absolute Gasteiger partial charge is 0.370 e. The van der Waals surface area contributed by atoms with Crippen LogP contribution in [0.25, 0.3) is 11.0 Å². The Morgan fingerprint density at radius 3 is 3.05 bits per heavy atom. The van der Waals surface area contributed by atoms with Crippen molar-refractivity contribution in [2.45, 2.75) is 19.1 Å². The van der Waals surface area contributed by atoms with Gasteiger partial charge in [0.15, 0.2) is 0 Å². The molecular weight excluding hydrogens is 256 g/mol. The van der Waals surface area contributed by atoms with E-state index in [0.717, 1.165) is 24.0 Å². The first-order valence-electron chi connectivity index (χ1n) is 6.66. The summed E-state index contributed by atoms with van der Waals surface area (Å²) in [5.41, 5.74) is 7.52. The number of methoxy groups -OCH3 is 1. The van der Waals surface area contributed by atoms with Gasteiger partial charge >= 0.3 is 0 Å². The van der Waals surface area contributed by atoms with Gasteiger partial charge in [-0.05, 0) is 18.6 Å². The molecule has 0 fully saturated rings. The van der Waals surface area contributed by atoms with Gasteiger partial charge in [-0.15, -0.1) is 0 Å². The number of fused-ring (bicyclic) bond motifs is 1. The molecule has 6 heteroatoms. The highest BCUT2D eigenvalue weighted by atomic mass is 16.5. The lowest BCUT2D eigenvalue weighted by molar-refractivity contribution is -0.130. The number of ether oxygens (including phenoxy) is 1. The van der Waals surface area contributed by atoms with Gasteiger partial charge in [0.1, 0.15) is 6.10 Å². The lowest BCUT2D eigenvalue weighted by Gasteiger charge is -2.13. The van der Waals surface area contributed by atoms with Crippen molar-refractivity contribution in [3.63, 3.8) is 0 Å². The maximum Gasteiger partial charge on any atom is 0.250 e. The standard InChI is InChI=1S/C14H20N4O2/c1-20-13(9-15)14(19)16-7-4-8-18-10-17-11-5-2-3-6-12(11)18/h2-3,5-6,10,13H,4,7-9,15H2,1H3,(H,16,19). The van der Waals surface area contributed by atoms with Gasteiger partial charge in [-0.2, -0.15) is 0 Å². The van der Waals surface area contributed by atoms with Gasteiger partial charge in [0.25, 0.3) is 0 Å². The highest BCUT2D eigenvalue weighted by molar-refractivity contribution is 5.81. The van der Waals surface area contributed by atoms with Crippen LogP contribution in [0.3, 0.4) is 0 Å². The fourth-order valence-electron chi connectivity index (χ4n) is 2.07. The summed E-state index contributed by atoms with van der Waals surface area (Å²) in [6.07, 6.45) is 2.08. The van der Waals surface area contributed by atoms with Crippen molar-refractivity contribution >= 4 is 16.9 Å². The van der Waals surface area contributed by atoms with Crippen LogP contribution in [0.2, 0.25) is 0 Å². The van der Waals surface area contributed by atoms with Crippen molar-refractivity contribution in [1.29, 1.82) is 0 Å². The Bertz CT molecular complexity index is 563. The number of rotatable bonds is 7. The highest BCUT2D eigenvalue weighted by Crippen LogP contribution is 2.11. The number of carbonyl (C=O) groups is 1. The van der Waals surface area contributed by atoms with Crippen molar-refractivity contribution in [2.24, 2.45) is 5.73 Å². The minimum absolute atomic E-state index is 0.162. The van der Waals surface area contributed by atoms with Crippen molar-refractivity contribution in [1.82, 2.24) is 14.9 Å². The molecule has 2 aromatic rings. The van der Waals surface area contributed by atoms with Crippen molar-refractivity contribution in [3.05, 3.63) is 30.6 Å². The average Bonchev–Trinajstić information content (AvgIpc) is 2.88. The van der Waals surface area contributed by atoms with Crippen molar-refractivity contribution < 1.29 is 9.53 Å². The molecule has 1 unspecified atom stereocenters. The smallest absolute Gasteiger partial charge is 0.250 e. The Morgan fingerprint density at radius 2 is 2.30 bits per heavy atom. The Morgan fingerprint density at radius 1 is 1.50 bits per heavy atom. The van der Waals surface area contributed by atoms with E-state index in [1.807, 2.05) is 30.6 Å². The molecule has 0 saturated heterocycles. The molecule has 0 aliphatic heterocycles. The maximum atomic E-state index is 11.6. The third kappa shape index (κ3) is 3.34. The predicted molar refractivity (Wildman–Crippen MR) is 77.2 cm³/mol. The highest BCUT2D eigenvalue weighted by Gasteiger charge is 2.14. The third-order valence-electron chi connectivity index (χ3n) is 3.19. The number of hydrogen-bond acceptors (Lipinski definition) is 4. The topological polar surface area (TPSA) is 82.2 Å². The Kier molecular flexibility index (Phi) is 5.09. The lowest BCUT2D eigenvalue weighted by atomic mass is 10.3. The molecule has 2 rings (SSSR count). The molecule has 0 radical (unpaired) electrons. The maximum absolute atomic E-state index is 11.6. The Balaban J connectivity index is 1.80. The molecule has 1 atom stereocenters. The molecule has 3 N–H and O–H groups in total. The lowest BCUT2D eigenvalue weighted by Crippen LogP contribution is -2.41. The van der Waals surface area contributed by atoms with Gasteiger partial charge in [0.2, 0.25) is 5.91 Å². The zero-order chi connectivity index (χ0) is 14.4. The van der Waals surface area contributed by atoms with E-state index in [2.05, 4.69) is 14.9 Å². The number of nitrogens with one attached hydrogen (secondary N) is 1. The quantitative estimate of drug-likeness (QED) is 0.722. The number of carbonyl (C=O) groups excluding carboxylic acids is 1. The van der Waals surface area contributed by atoms with Gasteiger partial charge < -0.3 is 20.4 Å². The number of nitrogens with two attached hydrogens (primary N) is 1. The molecule has 1 amide bonds. The monoisotopic (exact) mass is 276 g/mol. The van der Waals surface area contributed by atoms with Crippen LogP contribution in [0.1, 0.15) is 6.42 Å². The van der Waals surface area contributed by atoms with Crippen LogP contribution in [0.4, 0.5) is 0 Å². The summed E-state index contributed by atoms with van der Waals surface area (Å²) in [4.78, 5) is 16.0. The van der Waals surface area contributed by atoms with Gasteiger partial charge in [-0.1, -0.05) is 12.1 Å². The predicted octanol–water partition coefficient (Wildman–Crippen LogP) is 0.516. The van der Waals surface area contributed by atoms with Gasteiger partial charge in [0.05, 0.1) is 17.4 Å². The number of benzene rings is 1. The van der Waals surface area contributed by atoms with E-state index in [9.17, 15) is 4.79 Å². The van der Waals surface area contributed by atoms with Crippen LogP contribution in [0.5, 0.6) is 0 Å². The summed E-state index contributed by atoms with van der Waals surface area (Å²) in [6.45, 7) is 1.58. The first-order chi connectivity index (χ1) is 9.76. The summed E-state index contributed by atoms with van der Waals surface area (Å²) in [6, 6.07) is 7.98. The zero-order valence-corrected chi connectivity index (χ0v) is 11.6. The number of imidazole rings is 1. The molecule has 20 heavy (non-hydrogen) atoms. The van der Waals surface area contributed by atoms with Crippen LogP contribution in [-0.2, 0) is 16.1 Å². The second kappa shape index (κ2) is 7.02. The van der Waals surface area contributed by atoms with E-state index >= 15 is 0 Å². The van der Waals surface area contributed by atoms with E-state index in [-0.39, 0.29) is 12.5 Å². The second-order valence-electron chi connectivity index (χ2n) is 4.53. The summed E-state index contributed by atoms with van der Waals surface area (Å²) >= 11 is 0. The number of hydrogen-bond donors (Lipinski definition) is 2. The molecule has 0 saturated carbocycles. The van der Waals surface area contributed by atoms with Crippen LogP contribution in [-0.4, -0.2) is 41.8 Å². The van der Waals surface area contributed by atoms with Crippen molar-refractivity contribution in [3.8, 4) is 0 Å². The van der Waals surface area contributed by atoms with Gasteiger partial charge in [0, 0.05) is 26.7 Å². The number of para-hydroxylation sites is 2. The van der Waals surface area contributed by atoms with Crippen LogP contribution >= 0.6 is 0 Å². The fraction of sp³-hybridized carbons (Fsp3) is 0.429. The molecule has 0 bridgehead atoms. The number of aromatic nitrogens is 2. The molecule has 0 aliphatic rings. The summed E-state index contributed by atoms with van der Waals surface area (Å²) in [5, 5.41) is 2.82.